The van der Waals surface area contributed by atoms with Crippen LogP contribution in [0.1, 0.15) is 0 Å². The number of hydrogen-bond acceptors (Lipinski definition) is 6. The molecule has 9 heteroatoms. The summed E-state index contributed by atoms with van der Waals surface area (Å²) < 4.78 is 10.7. The highest BCUT2D eigenvalue weighted by atomic mass is 35.5. The first-order valence-corrected chi connectivity index (χ1v) is 10.3. The highest BCUT2D eigenvalue weighted by Crippen LogP contribution is 2.34. The summed E-state index contributed by atoms with van der Waals surface area (Å²) in [5.74, 6) is 2.13. The molecule has 1 saturated heterocycles. The molecule has 3 heterocycles. The van der Waals surface area contributed by atoms with Gasteiger partial charge in [0, 0.05) is 48.5 Å². The van der Waals surface area contributed by atoms with E-state index < -0.39 is 0 Å². The second kappa shape index (κ2) is 8.31. The third kappa shape index (κ3) is 4.20. The van der Waals surface area contributed by atoms with Crippen molar-refractivity contribution in [1.82, 2.24) is 15.1 Å². The zero-order chi connectivity index (χ0) is 21.2. The largest absolute Gasteiger partial charge is 0.454 e. The Morgan fingerprint density at radius 2 is 1.68 bits per heavy atom. The number of carbonyl (C=O) groups is 1. The molecule has 0 radical (unpaired) electrons. The van der Waals surface area contributed by atoms with Gasteiger partial charge in [0.15, 0.2) is 17.3 Å². The number of nitrogens with zero attached hydrogens (tertiary/aromatic N) is 4. The fourth-order valence-corrected chi connectivity index (χ4v) is 3.71. The molecule has 3 aromatic rings. The van der Waals surface area contributed by atoms with Crippen LogP contribution in [0.2, 0.25) is 5.02 Å². The van der Waals surface area contributed by atoms with Crippen LogP contribution in [-0.2, 0) is 0 Å². The number of hydrogen-bond donors (Lipinski definition) is 1. The van der Waals surface area contributed by atoms with Crippen molar-refractivity contribution in [3.63, 3.8) is 0 Å². The van der Waals surface area contributed by atoms with Gasteiger partial charge < -0.3 is 24.6 Å². The predicted molar refractivity (Wildman–Crippen MR) is 118 cm³/mol. The third-order valence-corrected chi connectivity index (χ3v) is 5.56. The van der Waals surface area contributed by atoms with E-state index in [-0.39, 0.29) is 12.8 Å². The smallest absolute Gasteiger partial charge is 0.321 e. The van der Waals surface area contributed by atoms with Crippen molar-refractivity contribution in [3.05, 3.63) is 59.6 Å². The molecular formula is C22H20ClN5O3. The highest BCUT2D eigenvalue weighted by Gasteiger charge is 2.23. The number of piperazine rings is 1. The molecule has 5 rings (SSSR count). The first kappa shape index (κ1) is 19.4. The molecule has 1 aromatic heterocycles. The monoisotopic (exact) mass is 437 g/mol. The molecule has 2 aliphatic rings. The standard InChI is InChI=1S/C22H20ClN5O3/c23-16-3-1-15(2-4-16)18-6-8-21(26-25-18)27-9-11-28(12-10-27)22(29)24-17-5-7-19-20(13-17)31-14-30-19/h1-8,13H,9-12,14H2,(H,24,29). The lowest BCUT2D eigenvalue weighted by atomic mass is 10.1. The van der Waals surface area contributed by atoms with Crippen molar-refractivity contribution in [2.45, 2.75) is 0 Å². The molecule has 0 spiro atoms. The Labute approximate surface area is 184 Å². The second-order valence-corrected chi connectivity index (χ2v) is 7.69. The molecular weight excluding hydrogens is 418 g/mol. The van der Waals surface area contributed by atoms with Crippen LogP contribution < -0.4 is 19.7 Å². The highest BCUT2D eigenvalue weighted by molar-refractivity contribution is 6.30. The molecule has 0 aliphatic carbocycles. The predicted octanol–water partition coefficient (Wildman–Crippen LogP) is 3.88. The molecule has 8 nitrogen and oxygen atoms in total. The number of carbonyl (C=O) groups excluding carboxylic acids is 1. The summed E-state index contributed by atoms with van der Waals surface area (Å²) in [6, 6.07) is 16.6. The molecule has 0 unspecified atom stereocenters. The van der Waals surface area contributed by atoms with Crippen LogP contribution in [0.5, 0.6) is 11.5 Å². The van der Waals surface area contributed by atoms with Crippen LogP contribution in [0.4, 0.5) is 16.3 Å². The van der Waals surface area contributed by atoms with Crippen molar-refractivity contribution in [2.75, 3.05) is 43.2 Å². The van der Waals surface area contributed by atoms with Gasteiger partial charge in [-0.15, -0.1) is 10.2 Å². The summed E-state index contributed by atoms with van der Waals surface area (Å²) in [4.78, 5) is 16.5. The normalized spacial score (nSPS) is 15.1. The van der Waals surface area contributed by atoms with Gasteiger partial charge in [-0.05, 0) is 36.4 Å². The van der Waals surface area contributed by atoms with E-state index in [2.05, 4.69) is 20.4 Å². The van der Waals surface area contributed by atoms with E-state index in [0.717, 1.165) is 17.1 Å². The molecule has 158 valence electrons. The van der Waals surface area contributed by atoms with Crippen LogP contribution in [0, 0.1) is 0 Å². The number of anilines is 2. The lowest BCUT2D eigenvalue weighted by Crippen LogP contribution is -2.50. The van der Waals surface area contributed by atoms with Crippen LogP contribution in [0.15, 0.2) is 54.6 Å². The van der Waals surface area contributed by atoms with E-state index in [4.69, 9.17) is 21.1 Å². The van der Waals surface area contributed by atoms with Gasteiger partial charge in [-0.25, -0.2) is 4.79 Å². The van der Waals surface area contributed by atoms with Crippen LogP contribution in [0.3, 0.4) is 0 Å². The number of urea groups is 1. The molecule has 1 fully saturated rings. The van der Waals surface area contributed by atoms with Crippen molar-refractivity contribution in [2.24, 2.45) is 0 Å². The van der Waals surface area contributed by atoms with Gasteiger partial charge in [0.1, 0.15) is 0 Å². The van der Waals surface area contributed by atoms with Gasteiger partial charge >= 0.3 is 6.03 Å². The van der Waals surface area contributed by atoms with Crippen molar-refractivity contribution in [1.29, 1.82) is 0 Å². The zero-order valence-electron chi connectivity index (χ0n) is 16.6. The maximum atomic E-state index is 12.6. The van der Waals surface area contributed by atoms with Crippen LogP contribution in [-0.4, -0.2) is 54.1 Å². The van der Waals surface area contributed by atoms with Crippen LogP contribution in [0.25, 0.3) is 11.3 Å². The second-order valence-electron chi connectivity index (χ2n) is 7.26. The quantitative estimate of drug-likeness (QED) is 0.669. The Morgan fingerprint density at radius 1 is 0.903 bits per heavy atom. The van der Waals surface area contributed by atoms with Crippen molar-refractivity contribution < 1.29 is 14.3 Å². The number of amides is 2. The van der Waals surface area contributed by atoms with E-state index in [9.17, 15) is 4.79 Å². The minimum atomic E-state index is -0.136. The summed E-state index contributed by atoms with van der Waals surface area (Å²) in [5.41, 5.74) is 2.44. The zero-order valence-corrected chi connectivity index (χ0v) is 17.4. The molecule has 2 amide bonds. The van der Waals surface area contributed by atoms with Gasteiger partial charge in [0.25, 0.3) is 0 Å². The first-order valence-electron chi connectivity index (χ1n) is 9.96. The van der Waals surface area contributed by atoms with Crippen LogP contribution >= 0.6 is 11.6 Å². The Bertz CT molecular complexity index is 1080. The number of fused-ring (bicyclic) bond motifs is 1. The average molecular weight is 438 g/mol. The summed E-state index contributed by atoms with van der Waals surface area (Å²) in [6.07, 6.45) is 0. The third-order valence-electron chi connectivity index (χ3n) is 5.31. The van der Waals surface area contributed by atoms with Gasteiger partial charge in [0.05, 0.1) is 5.69 Å². The van der Waals surface area contributed by atoms with E-state index in [1.807, 2.05) is 36.4 Å². The number of benzene rings is 2. The lowest BCUT2D eigenvalue weighted by molar-refractivity contribution is 0.174. The Balaban J connectivity index is 1.17. The minimum absolute atomic E-state index is 0.136. The van der Waals surface area contributed by atoms with Gasteiger partial charge in [-0.1, -0.05) is 23.7 Å². The number of halogens is 1. The summed E-state index contributed by atoms with van der Waals surface area (Å²) >= 11 is 5.94. The summed E-state index contributed by atoms with van der Waals surface area (Å²) in [5, 5.41) is 12.3. The lowest BCUT2D eigenvalue weighted by Gasteiger charge is -2.35. The Hall–Kier alpha value is -3.52. The Morgan fingerprint density at radius 3 is 2.42 bits per heavy atom. The maximum Gasteiger partial charge on any atom is 0.321 e. The fraction of sp³-hybridized carbons (Fsp3) is 0.227. The van der Waals surface area contributed by atoms with E-state index in [0.29, 0.717) is 48.4 Å². The number of nitrogens with one attached hydrogen (secondary N) is 1. The van der Waals surface area contributed by atoms with E-state index >= 15 is 0 Å². The van der Waals surface area contributed by atoms with Crippen molar-refractivity contribution in [3.8, 4) is 22.8 Å². The van der Waals surface area contributed by atoms with Gasteiger partial charge in [-0.3, -0.25) is 0 Å². The van der Waals surface area contributed by atoms with E-state index in [1.54, 1.807) is 23.1 Å². The molecule has 31 heavy (non-hydrogen) atoms. The molecule has 0 atom stereocenters. The fourth-order valence-electron chi connectivity index (χ4n) is 3.58. The first-order chi connectivity index (χ1) is 15.2. The van der Waals surface area contributed by atoms with E-state index in [1.165, 1.54) is 0 Å². The maximum absolute atomic E-state index is 12.6. The topological polar surface area (TPSA) is 79.8 Å². The number of ether oxygens (including phenoxy) is 2. The summed E-state index contributed by atoms with van der Waals surface area (Å²) in [7, 11) is 0. The average Bonchev–Trinajstić information content (AvgIpc) is 3.28. The van der Waals surface area contributed by atoms with Crippen molar-refractivity contribution >= 4 is 29.1 Å². The summed E-state index contributed by atoms with van der Waals surface area (Å²) in [6.45, 7) is 2.76. The molecule has 2 aliphatic heterocycles. The molecule has 0 saturated carbocycles. The SMILES string of the molecule is O=C(Nc1ccc2c(c1)OCO2)N1CCN(c2ccc(-c3ccc(Cl)cc3)nn2)CC1. The number of rotatable bonds is 3. The molecule has 1 N–H and O–H groups in total. The number of aromatic nitrogens is 2. The molecule has 0 bridgehead atoms. The Kier molecular flexibility index (Phi) is 5.21. The van der Waals surface area contributed by atoms with Gasteiger partial charge in [0.2, 0.25) is 6.79 Å². The van der Waals surface area contributed by atoms with Gasteiger partial charge in [-0.2, -0.15) is 0 Å². The minimum Gasteiger partial charge on any atom is -0.454 e. The molecule has 2 aromatic carbocycles.